The Hall–Kier alpha value is -2.05. The van der Waals surface area contributed by atoms with E-state index in [4.69, 9.17) is 9.47 Å². The summed E-state index contributed by atoms with van der Waals surface area (Å²) in [5.74, 6) is -1.16. The third-order valence-corrected chi connectivity index (χ3v) is 2.21. The first-order valence-corrected chi connectivity index (χ1v) is 7.31. The van der Waals surface area contributed by atoms with E-state index in [9.17, 15) is 14.4 Å². The standard InChI is InChI=1S/C16H27NO6/c1-15(2,3)22-12(18)10-8-9-11(13(19)21-7)17-14(20)23-16(4,5)6/h8,10-11H,9H2,1-7H3,(H,17,20)/t11-/m0/s1. The molecule has 0 bridgehead atoms. The van der Waals surface area contributed by atoms with Crippen molar-refractivity contribution in [2.75, 3.05) is 7.11 Å². The summed E-state index contributed by atoms with van der Waals surface area (Å²) >= 11 is 0. The second-order valence-corrected chi connectivity index (χ2v) is 6.89. The van der Waals surface area contributed by atoms with Gasteiger partial charge in [0.05, 0.1) is 7.11 Å². The molecule has 7 heteroatoms. The van der Waals surface area contributed by atoms with E-state index in [0.29, 0.717) is 0 Å². The van der Waals surface area contributed by atoms with Crippen LogP contribution in [0.1, 0.15) is 48.0 Å². The van der Waals surface area contributed by atoms with Crippen molar-refractivity contribution in [2.24, 2.45) is 0 Å². The Morgan fingerprint density at radius 1 is 1.00 bits per heavy atom. The van der Waals surface area contributed by atoms with Gasteiger partial charge in [-0.2, -0.15) is 0 Å². The van der Waals surface area contributed by atoms with Crippen LogP contribution in [-0.2, 0) is 23.8 Å². The zero-order valence-electron chi connectivity index (χ0n) is 14.9. The summed E-state index contributed by atoms with van der Waals surface area (Å²) in [5.41, 5.74) is -1.28. The predicted octanol–water partition coefficient (Wildman–Crippen LogP) is 2.34. The Morgan fingerprint density at radius 2 is 1.52 bits per heavy atom. The Balaban J connectivity index is 4.67. The number of alkyl carbamates (subject to hydrolysis) is 1. The van der Waals surface area contributed by atoms with Crippen LogP contribution < -0.4 is 5.32 Å². The van der Waals surface area contributed by atoms with Crippen LogP contribution in [0.4, 0.5) is 4.79 Å². The van der Waals surface area contributed by atoms with Crippen LogP contribution >= 0.6 is 0 Å². The molecule has 0 aromatic heterocycles. The van der Waals surface area contributed by atoms with Crippen molar-refractivity contribution in [1.29, 1.82) is 0 Å². The van der Waals surface area contributed by atoms with Gasteiger partial charge in [0.1, 0.15) is 17.2 Å². The van der Waals surface area contributed by atoms with Crippen LogP contribution in [0.3, 0.4) is 0 Å². The maximum absolute atomic E-state index is 11.7. The maximum Gasteiger partial charge on any atom is 0.408 e. The molecule has 0 heterocycles. The minimum Gasteiger partial charge on any atom is -0.467 e. The normalized spacial score (nSPS) is 13.3. The molecule has 0 radical (unpaired) electrons. The van der Waals surface area contributed by atoms with Crippen molar-refractivity contribution in [1.82, 2.24) is 5.32 Å². The summed E-state index contributed by atoms with van der Waals surface area (Å²) in [4.78, 5) is 34.9. The summed E-state index contributed by atoms with van der Waals surface area (Å²) in [7, 11) is 1.21. The fourth-order valence-electron chi connectivity index (χ4n) is 1.44. The van der Waals surface area contributed by atoms with E-state index in [0.717, 1.165) is 0 Å². The molecule has 0 aliphatic carbocycles. The van der Waals surface area contributed by atoms with Gasteiger partial charge in [0.25, 0.3) is 0 Å². The second-order valence-electron chi connectivity index (χ2n) is 6.89. The smallest absolute Gasteiger partial charge is 0.408 e. The minimum absolute atomic E-state index is 0.0746. The van der Waals surface area contributed by atoms with E-state index in [-0.39, 0.29) is 6.42 Å². The van der Waals surface area contributed by atoms with E-state index < -0.39 is 35.3 Å². The van der Waals surface area contributed by atoms with Crippen LogP contribution in [0, 0.1) is 0 Å². The van der Waals surface area contributed by atoms with Crippen molar-refractivity contribution in [2.45, 2.75) is 65.2 Å². The number of esters is 2. The van der Waals surface area contributed by atoms with Crippen LogP contribution in [0.25, 0.3) is 0 Å². The SMILES string of the molecule is COC(=O)[C@H](CC=CC(=O)OC(C)(C)C)NC(=O)OC(C)(C)C. The number of methoxy groups -OCH3 is 1. The molecule has 132 valence electrons. The molecule has 0 aromatic carbocycles. The zero-order valence-corrected chi connectivity index (χ0v) is 14.9. The molecule has 0 aliphatic rings. The molecular formula is C16H27NO6. The summed E-state index contributed by atoms with van der Waals surface area (Å²) in [5, 5.41) is 2.41. The van der Waals surface area contributed by atoms with Crippen LogP contribution in [0.15, 0.2) is 12.2 Å². The third-order valence-electron chi connectivity index (χ3n) is 2.21. The highest BCUT2D eigenvalue weighted by molar-refractivity contribution is 5.83. The summed E-state index contributed by atoms with van der Waals surface area (Å²) < 4.78 is 14.8. The van der Waals surface area contributed by atoms with E-state index in [1.165, 1.54) is 19.3 Å². The van der Waals surface area contributed by atoms with E-state index >= 15 is 0 Å². The van der Waals surface area contributed by atoms with Gasteiger partial charge in [-0.05, 0) is 48.0 Å². The molecule has 7 nitrogen and oxygen atoms in total. The van der Waals surface area contributed by atoms with Crippen LogP contribution in [-0.4, -0.2) is 42.4 Å². The molecule has 1 amide bonds. The number of hydrogen-bond donors (Lipinski definition) is 1. The highest BCUT2D eigenvalue weighted by Gasteiger charge is 2.24. The Morgan fingerprint density at radius 3 is 1.96 bits per heavy atom. The van der Waals surface area contributed by atoms with Crippen molar-refractivity contribution in [3.63, 3.8) is 0 Å². The van der Waals surface area contributed by atoms with Gasteiger partial charge in [0.15, 0.2) is 0 Å². The Kier molecular flexibility index (Phi) is 7.79. The molecule has 0 unspecified atom stereocenters. The van der Waals surface area contributed by atoms with Gasteiger partial charge in [-0.3, -0.25) is 0 Å². The molecule has 0 rings (SSSR count). The lowest BCUT2D eigenvalue weighted by atomic mass is 10.2. The fraction of sp³-hybridized carbons (Fsp3) is 0.688. The van der Waals surface area contributed by atoms with Crippen molar-refractivity contribution in [3.8, 4) is 0 Å². The first-order valence-electron chi connectivity index (χ1n) is 7.31. The van der Waals surface area contributed by atoms with Gasteiger partial charge in [-0.15, -0.1) is 0 Å². The summed E-state index contributed by atoms with van der Waals surface area (Å²) in [6, 6.07) is -0.950. The average Bonchev–Trinajstić information content (AvgIpc) is 2.32. The zero-order chi connectivity index (χ0) is 18.3. The Bertz CT molecular complexity index is 456. The summed E-state index contributed by atoms with van der Waals surface area (Å²) in [6.07, 6.45) is 1.98. The maximum atomic E-state index is 11.7. The fourth-order valence-corrected chi connectivity index (χ4v) is 1.44. The Labute approximate surface area is 137 Å². The first-order chi connectivity index (χ1) is 10.3. The average molecular weight is 329 g/mol. The van der Waals surface area contributed by atoms with Crippen molar-refractivity contribution < 1.29 is 28.6 Å². The number of rotatable bonds is 5. The lowest BCUT2D eigenvalue weighted by molar-refractivity contribution is -0.148. The lowest BCUT2D eigenvalue weighted by Gasteiger charge is -2.22. The number of ether oxygens (including phenoxy) is 3. The predicted molar refractivity (Wildman–Crippen MR) is 84.8 cm³/mol. The van der Waals surface area contributed by atoms with E-state index in [1.807, 2.05) is 0 Å². The molecule has 23 heavy (non-hydrogen) atoms. The third kappa shape index (κ3) is 11.2. The quantitative estimate of drug-likeness (QED) is 0.473. The topological polar surface area (TPSA) is 90.9 Å². The molecule has 0 aromatic rings. The second kappa shape index (κ2) is 8.55. The molecule has 1 N–H and O–H groups in total. The lowest BCUT2D eigenvalue weighted by Crippen LogP contribution is -2.43. The van der Waals surface area contributed by atoms with Crippen LogP contribution in [0.2, 0.25) is 0 Å². The molecular weight excluding hydrogens is 302 g/mol. The van der Waals surface area contributed by atoms with Crippen molar-refractivity contribution in [3.05, 3.63) is 12.2 Å². The number of carbonyl (C=O) groups is 3. The number of carbonyl (C=O) groups excluding carboxylic acids is 3. The molecule has 0 saturated carbocycles. The number of nitrogens with one attached hydrogen (secondary N) is 1. The number of amides is 1. The molecule has 0 saturated heterocycles. The van der Waals surface area contributed by atoms with Gasteiger partial charge in [0, 0.05) is 6.08 Å². The molecule has 0 aliphatic heterocycles. The largest absolute Gasteiger partial charge is 0.467 e. The number of hydrogen-bond acceptors (Lipinski definition) is 6. The highest BCUT2D eigenvalue weighted by atomic mass is 16.6. The van der Waals surface area contributed by atoms with Gasteiger partial charge < -0.3 is 19.5 Å². The molecule has 1 atom stereocenters. The van der Waals surface area contributed by atoms with E-state index in [2.05, 4.69) is 10.1 Å². The monoisotopic (exact) mass is 329 g/mol. The van der Waals surface area contributed by atoms with Gasteiger partial charge in [0.2, 0.25) is 0 Å². The summed E-state index contributed by atoms with van der Waals surface area (Å²) in [6.45, 7) is 10.4. The van der Waals surface area contributed by atoms with Gasteiger partial charge >= 0.3 is 18.0 Å². The van der Waals surface area contributed by atoms with E-state index in [1.54, 1.807) is 41.5 Å². The molecule has 0 spiro atoms. The van der Waals surface area contributed by atoms with Crippen molar-refractivity contribution >= 4 is 18.0 Å². The highest BCUT2D eigenvalue weighted by Crippen LogP contribution is 2.09. The van der Waals surface area contributed by atoms with Gasteiger partial charge in [-0.1, -0.05) is 6.08 Å². The minimum atomic E-state index is -0.950. The molecule has 0 fully saturated rings. The first kappa shape index (κ1) is 20.9. The van der Waals surface area contributed by atoms with Crippen LogP contribution in [0.5, 0.6) is 0 Å². The van der Waals surface area contributed by atoms with Gasteiger partial charge in [-0.25, -0.2) is 14.4 Å².